The minimum absolute atomic E-state index is 0.0831. The largest absolute Gasteiger partial charge is 0.487 e. The number of aromatic amines is 1. The Morgan fingerprint density at radius 3 is 2.56 bits per heavy atom. The van der Waals surface area contributed by atoms with Gasteiger partial charge < -0.3 is 14.6 Å². The second-order valence-electron chi connectivity index (χ2n) is 7.61. The molecular weight excluding hydrogens is 338 g/mol. The summed E-state index contributed by atoms with van der Waals surface area (Å²) in [5, 5.41) is 0. The standard InChI is InChI=1S/C22H23N3O2/c1-14-23-19-12-17(22(26)25-8-4-5-9-25)13-20(21(19)24-14)27-18-10-15-6-2-3-7-16(15)11-18/h2-3,6-7,12-13,18H,4-5,8-11H2,1H3,(H,23,24). The molecule has 2 aromatic carbocycles. The predicted molar refractivity (Wildman–Crippen MR) is 104 cm³/mol. The highest BCUT2D eigenvalue weighted by molar-refractivity contribution is 5.99. The number of likely N-dealkylation sites (tertiary alicyclic amines) is 1. The molecule has 0 unspecified atom stereocenters. The van der Waals surface area contributed by atoms with Gasteiger partial charge in [-0.15, -0.1) is 0 Å². The van der Waals surface area contributed by atoms with E-state index >= 15 is 0 Å². The van der Waals surface area contributed by atoms with E-state index in [1.807, 2.05) is 24.0 Å². The molecule has 5 rings (SSSR count). The van der Waals surface area contributed by atoms with Crippen LogP contribution in [-0.2, 0) is 12.8 Å². The molecule has 2 heterocycles. The number of aryl methyl sites for hydroxylation is 1. The van der Waals surface area contributed by atoms with Crippen LogP contribution in [0, 0.1) is 6.92 Å². The molecule has 1 aromatic heterocycles. The van der Waals surface area contributed by atoms with E-state index in [0.29, 0.717) is 11.3 Å². The Kier molecular flexibility index (Phi) is 3.88. The molecule has 0 atom stereocenters. The van der Waals surface area contributed by atoms with Crippen LogP contribution in [0.3, 0.4) is 0 Å². The minimum Gasteiger partial charge on any atom is -0.487 e. The fraction of sp³-hybridized carbons (Fsp3) is 0.364. The summed E-state index contributed by atoms with van der Waals surface area (Å²) in [6.07, 6.45) is 4.04. The number of carbonyl (C=O) groups is 1. The maximum absolute atomic E-state index is 12.9. The number of hydrogen-bond donors (Lipinski definition) is 1. The Morgan fingerprint density at radius 2 is 1.85 bits per heavy atom. The number of rotatable bonds is 3. The Morgan fingerprint density at radius 1 is 1.15 bits per heavy atom. The molecule has 3 aromatic rings. The number of aromatic nitrogens is 2. The van der Waals surface area contributed by atoms with E-state index in [4.69, 9.17) is 4.74 Å². The lowest BCUT2D eigenvalue weighted by molar-refractivity contribution is 0.0792. The third-order valence-corrected chi connectivity index (χ3v) is 5.62. The van der Waals surface area contributed by atoms with Gasteiger partial charge >= 0.3 is 0 Å². The number of imidazole rings is 1. The van der Waals surface area contributed by atoms with Gasteiger partial charge in [0.05, 0.1) is 5.52 Å². The molecule has 1 N–H and O–H groups in total. The Labute approximate surface area is 158 Å². The first-order valence-electron chi connectivity index (χ1n) is 9.70. The number of fused-ring (bicyclic) bond motifs is 2. The maximum Gasteiger partial charge on any atom is 0.254 e. The topological polar surface area (TPSA) is 58.2 Å². The first-order chi connectivity index (χ1) is 13.2. The number of nitrogens with one attached hydrogen (secondary N) is 1. The molecule has 5 nitrogen and oxygen atoms in total. The highest BCUT2D eigenvalue weighted by Gasteiger charge is 2.26. The number of hydrogen-bond acceptors (Lipinski definition) is 3. The first kappa shape index (κ1) is 16.4. The zero-order valence-corrected chi connectivity index (χ0v) is 15.5. The van der Waals surface area contributed by atoms with Crippen molar-refractivity contribution in [1.29, 1.82) is 0 Å². The van der Waals surface area contributed by atoms with Crippen molar-refractivity contribution in [3.05, 3.63) is 58.9 Å². The fourth-order valence-electron chi connectivity index (χ4n) is 4.31. The van der Waals surface area contributed by atoms with Crippen molar-refractivity contribution < 1.29 is 9.53 Å². The SMILES string of the molecule is Cc1nc2c(OC3Cc4ccccc4C3)cc(C(=O)N3CCCC3)cc2[nH]1. The third-order valence-electron chi connectivity index (χ3n) is 5.62. The molecule has 0 bridgehead atoms. The normalized spacial score (nSPS) is 16.9. The fourth-order valence-corrected chi connectivity index (χ4v) is 4.31. The lowest BCUT2D eigenvalue weighted by Gasteiger charge is -2.18. The van der Waals surface area contributed by atoms with Gasteiger partial charge in [-0.25, -0.2) is 4.98 Å². The van der Waals surface area contributed by atoms with Gasteiger partial charge in [0, 0.05) is 31.5 Å². The van der Waals surface area contributed by atoms with E-state index < -0.39 is 0 Å². The second kappa shape index (κ2) is 6.41. The first-order valence-corrected chi connectivity index (χ1v) is 9.70. The zero-order valence-electron chi connectivity index (χ0n) is 15.5. The van der Waals surface area contributed by atoms with Gasteiger partial charge in [-0.2, -0.15) is 0 Å². The van der Waals surface area contributed by atoms with Gasteiger partial charge in [-0.05, 0) is 43.0 Å². The van der Waals surface area contributed by atoms with E-state index in [9.17, 15) is 4.79 Å². The quantitative estimate of drug-likeness (QED) is 0.775. The summed E-state index contributed by atoms with van der Waals surface area (Å²) in [4.78, 5) is 22.7. The van der Waals surface area contributed by atoms with Crippen molar-refractivity contribution in [2.75, 3.05) is 13.1 Å². The number of H-pyrrole nitrogens is 1. The summed E-state index contributed by atoms with van der Waals surface area (Å²) in [6, 6.07) is 12.3. The summed E-state index contributed by atoms with van der Waals surface area (Å²) in [6.45, 7) is 3.61. The average Bonchev–Trinajstić information content (AvgIpc) is 3.39. The molecule has 138 valence electrons. The number of ether oxygens (including phenoxy) is 1. The minimum atomic E-state index is 0.0831. The maximum atomic E-state index is 12.9. The molecule has 5 heteroatoms. The van der Waals surface area contributed by atoms with Crippen LogP contribution in [0.2, 0.25) is 0 Å². The van der Waals surface area contributed by atoms with Gasteiger partial charge in [-0.1, -0.05) is 24.3 Å². The third kappa shape index (κ3) is 2.97. The van der Waals surface area contributed by atoms with Gasteiger partial charge in [-0.3, -0.25) is 4.79 Å². The molecule has 0 spiro atoms. The van der Waals surface area contributed by atoms with Crippen LogP contribution in [0.1, 0.15) is 40.2 Å². The highest BCUT2D eigenvalue weighted by atomic mass is 16.5. The van der Waals surface area contributed by atoms with Crippen molar-refractivity contribution in [1.82, 2.24) is 14.9 Å². The number of benzene rings is 2. The van der Waals surface area contributed by atoms with Crippen molar-refractivity contribution in [2.24, 2.45) is 0 Å². The summed E-state index contributed by atoms with van der Waals surface area (Å²) >= 11 is 0. The molecular formula is C22H23N3O2. The van der Waals surface area contributed by atoms with Crippen molar-refractivity contribution in [2.45, 2.75) is 38.7 Å². The smallest absolute Gasteiger partial charge is 0.254 e. The summed E-state index contributed by atoms with van der Waals surface area (Å²) in [7, 11) is 0. The van der Waals surface area contributed by atoms with Crippen molar-refractivity contribution >= 4 is 16.9 Å². The van der Waals surface area contributed by atoms with Crippen molar-refractivity contribution in [3.8, 4) is 5.75 Å². The molecule has 1 fully saturated rings. The summed E-state index contributed by atoms with van der Waals surface area (Å²) < 4.78 is 6.38. The van der Waals surface area contributed by atoms with Gasteiger partial charge in [0.2, 0.25) is 0 Å². The Balaban J connectivity index is 1.48. The van der Waals surface area contributed by atoms with Crippen LogP contribution in [0.5, 0.6) is 5.75 Å². The lowest BCUT2D eigenvalue weighted by atomic mass is 10.1. The molecule has 1 aliphatic carbocycles. The zero-order chi connectivity index (χ0) is 18.4. The molecule has 0 radical (unpaired) electrons. The van der Waals surface area contributed by atoms with Crippen LogP contribution >= 0.6 is 0 Å². The van der Waals surface area contributed by atoms with E-state index in [0.717, 1.165) is 55.6 Å². The number of amides is 1. The Bertz CT molecular complexity index is 993. The molecule has 1 saturated heterocycles. The van der Waals surface area contributed by atoms with E-state index in [-0.39, 0.29) is 12.0 Å². The predicted octanol–water partition coefficient (Wildman–Crippen LogP) is 3.65. The van der Waals surface area contributed by atoms with Crippen LogP contribution in [0.15, 0.2) is 36.4 Å². The highest BCUT2D eigenvalue weighted by Crippen LogP contribution is 2.31. The molecule has 27 heavy (non-hydrogen) atoms. The second-order valence-corrected chi connectivity index (χ2v) is 7.61. The van der Waals surface area contributed by atoms with Crippen molar-refractivity contribution in [3.63, 3.8) is 0 Å². The summed E-state index contributed by atoms with van der Waals surface area (Å²) in [5.74, 6) is 1.62. The van der Waals surface area contributed by atoms with E-state index in [1.54, 1.807) is 0 Å². The van der Waals surface area contributed by atoms with Gasteiger partial charge in [0.15, 0.2) is 0 Å². The van der Waals surface area contributed by atoms with Crippen LogP contribution in [0.25, 0.3) is 11.0 Å². The molecule has 1 amide bonds. The molecule has 1 aliphatic heterocycles. The van der Waals surface area contributed by atoms with Crippen LogP contribution in [-0.4, -0.2) is 40.0 Å². The monoisotopic (exact) mass is 361 g/mol. The lowest BCUT2D eigenvalue weighted by Crippen LogP contribution is -2.27. The van der Waals surface area contributed by atoms with Gasteiger partial charge in [0.25, 0.3) is 5.91 Å². The Hall–Kier alpha value is -2.82. The van der Waals surface area contributed by atoms with Crippen LogP contribution < -0.4 is 4.74 Å². The number of nitrogens with zero attached hydrogens (tertiary/aromatic N) is 2. The van der Waals surface area contributed by atoms with Gasteiger partial charge in [0.1, 0.15) is 23.2 Å². The summed E-state index contributed by atoms with van der Waals surface area (Å²) in [5.41, 5.74) is 5.05. The van der Waals surface area contributed by atoms with Crippen LogP contribution in [0.4, 0.5) is 0 Å². The van der Waals surface area contributed by atoms with E-state index in [2.05, 4.69) is 34.2 Å². The molecule has 0 saturated carbocycles. The average molecular weight is 361 g/mol. The molecule has 2 aliphatic rings. The van der Waals surface area contributed by atoms with E-state index in [1.165, 1.54) is 11.1 Å². The number of carbonyl (C=O) groups excluding carboxylic acids is 1.